The molecule has 0 radical (unpaired) electrons. The molecule has 0 saturated heterocycles. The molecule has 2 N–H and O–H groups in total. The molecule has 4 nitrogen and oxygen atoms in total. The van der Waals surface area contributed by atoms with Crippen molar-refractivity contribution < 1.29 is 14.3 Å². The normalized spacial score (nSPS) is 18.3. The molecule has 15 heavy (non-hydrogen) atoms. The molecule has 0 aromatic rings. The third kappa shape index (κ3) is 3.80. The van der Waals surface area contributed by atoms with Gasteiger partial charge in [-0.3, -0.25) is 4.79 Å². The van der Waals surface area contributed by atoms with Crippen molar-refractivity contribution in [2.24, 2.45) is 11.1 Å². The zero-order valence-corrected chi connectivity index (χ0v) is 9.46. The smallest absolute Gasteiger partial charge is 0.306 e. The largest absolute Gasteiger partial charge is 0.463 e. The van der Waals surface area contributed by atoms with E-state index < -0.39 is 0 Å². The molecule has 1 rings (SSSR count). The lowest BCUT2D eigenvalue weighted by Crippen LogP contribution is -2.39. The van der Waals surface area contributed by atoms with Gasteiger partial charge in [0.15, 0.2) is 0 Å². The monoisotopic (exact) mass is 215 g/mol. The van der Waals surface area contributed by atoms with Crippen LogP contribution in [-0.2, 0) is 14.3 Å². The SMILES string of the molecule is CCOCCOC(=O)CC1(CN)CCC1. The molecule has 4 heteroatoms. The minimum absolute atomic E-state index is 0.0443. The molecule has 0 spiro atoms. The summed E-state index contributed by atoms with van der Waals surface area (Å²) in [5.41, 5.74) is 5.71. The van der Waals surface area contributed by atoms with E-state index in [4.69, 9.17) is 15.2 Å². The van der Waals surface area contributed by atoms with Gasteiger partial charge in [-0.05, 0) is 31.7 Å². The van der Waals surface area contributed by atoms with Gasteiger partial charge < -0.3 is 15.2 Å². The summed E-state index contributed by atoms with van der Waals surface area (Å²) in [7, 11) is 0. The van der Waals surface area contributed by atoms with Crippen molar-refractivity contribution in [1.29, 1.82) is 0 Å². The van der Waals surface area contributed by atoms with Crippen LogP contribution in [0.5, 0.6) is 0 Å². The van der Waals surface area contributed by atoms with Crippen molar-refractivity contribution in [1.82, 2.24) is 0 Å². The van der Waals surface area contributed by atoms with E-state index in [-0.39, 0.29) is 11.4 Å². The van der Waals surface area contributed by atoms with Crippen molar-refractivity contribution in [3.8, 4) is 0 Å². The first-order valence-electron chi connectivity index (χ1n) is 5.66. The molecular formula is C11H21NO3. The maximum Gasteiger partial charge on any atom is 0.306 e. The highest BCUT2D eigenvalue weighted by Crippen LogP contribution is 2.43. The predicted octanol–water partition coefficient (Wildman–Crippen LogP) is 1.09. The van der Waals surface area contributed by atoms with Crippen molar-refractivity contribution in [3.63, 3.8) is 0 Å². The fraction of sp³-hybridized carbons (Fsp3) is 0.909. The number of hydrogen-bond acceptors (Lipinski definition) is 4. The summed E-state index contributed by atoms with van der Waals surface area (Å²) in [4.78, 5) is 11.4. The summed E-state index contributed by atoms with van der Waals surface area (Å²) in [5.74, 6) is -0.139. The molecule has 0 bridgehead atoms. The molecule has 0 aromatic carbocycles. The zero-order valence-electron chi connectivity index (χ0n) is 9.46. The van der Waals surface area contributed by atoms with E-state index in [1.165, 1.54) is 6.42 Å². The molecule has 0 aromatic heterocycles. The predicted molar refractivity (Wildman–Crippen MR) is 57.4 cm³/mol. The van der Waals surface area contributed by atoms with E-state index in [2.05, 4.69) is 0 Å². The molecule has 0 heterocycles. The molecular weight excluding hydrogens is 194 g/mol. The third-order valence-corrected chi connectivity index (χ3v) is 3.06. The first kappa shape index (κ1) is 12.5. The number of ether oxygens (including phenoxy) is 2. The lowest BCUT2D eigenvalue weighted by Gasteiger charge is -2.40. The lowest BCUT2D eigenvalue weighted by atomic mass is 9.67. The van der Waals surface area contributed by atoms with Gasteiger partial charge in [-0.25, -0.2) is 0 Å². The van der Waals surface area contributed by atoms with Crippen LogP contribution in [0.2, 0.25) is 0 Å². The van der Waals surface area contributed by atoms with E-state index in [1.807, 2.05) is 6.92 Å². The summed E-state index contributed by atoms with van der Waals surface area (Å²) >= 11 is 0. The fourth-order valence-electron chi connectivity index (χ4n) is 1.85. The number of rotatable bonds is 7. The van der Waals surface area contributed by atoms with E-state index in [9.17, 15) is 4.79 Å². The van der Waals surface area contributed by atoms with Gasteiger partial charge in [-0.2, -0.15) is 0 Å². The number of nitrogens with two attached hydrogens (primary N) is 1. The maximum absolute atomic E-state index is 11.4. The van der Waals surface area contributed by atoms with Crippen LogP contribution in [0.15, 0.2) is 0 Å². The molecule has 1 aliphatic rings. The molecule has 0 amide bonds. The Bertz CT molecular complexity index is 196. The summed E-state index contributed by atoms with van der Waals surface area (Å²) in [5, 5.41) is 0. The number of hydrogen-bond donors (Lipinski definition) is 1. The lowest BCUT2D eigenvalue weighted by molar-refractivity contribution is -0.149. The summed E-state index contributed by atoms with van der Waals surface area (Å²) in [6.45, 7) is 4.00. The Morgan fingerprint density at radius 2 is 2.13 bits per heavy atom. The average Bonchev–Trinajstić information content (AvgIpc) is 2.18. The van der Waals surface area contributed by atoms with Crippen molar-refractivity contribution >= 4 is 5.97 Å². The van der Waals surface area contributed by atoms with Gasteiger partial charge >= 0.3 is 5.97 Å². The summed E-state index contributed by atoms with van der Waals surface area (Å²) in [6, 6.07) is 0. The van der Waals surface area contributed by atoms with Crippen LogP contribution in [-0.4, -0.2) is 32.3 Å². The van der Waals surface area contributed by atoms with Crippen LogP contribution in [0.1, 0.15) is 32.6 Å². The van der Waals surface area contributed by atoms with Gasteiger partial charge in [-0.15, -0.1) is 0 Å². The Balaban J connectivity index is 2.12. The third-order valence-electron chi connectivity index (χ3n) is 3.06. The minimum Gasteiger partial charge on any atom is -0.463 e. The summed E-state index contributed by atoms with van der Waals surface area (Å²) in [6.07, 6.45) is 3.77. The topological polar surface area (TPSA) is 61.5 Å². The number of carbonyl (C=O) groups excluding carboxylic acids is 1. The molecule has 0 unspecified atom stereocenters. The molecule has 88 valence electrons. The van der Waals surface area contributed by atoms with Gasteiger partial charge in [0, 0.05) is 6.61 Å². The van der Waals surface area contributed by atoms with Gasteiger partial charge in [0.2, 0.25) is 0 Å². The van der Waals surface area contributed by atoms with Crippen molar-refractivity contribution in [2.75, 3.05) is 26.4 Å². The van der Waals surface area contributed by atoms with Crippen LogP contribution < -0.4 is 5.73 Å². The molecule has 1 fully saturated rings. The molecule has 1 aliphatic carbocycles. The van der Waals surface area contributed by atoms with Crippen LogP contribution in [0, 0.1) is 5.41 Å². The fourth-order valence-corrected chi connectivity index (χ4v) is 1.85. The standard InChI is InChI=1S/C11H21NO3/c1-2-14-6-7-15-10(13)8-11(9-12)4-3-5-11/h2-9,12H2,1H3. The van der Waals surface area contributed by atoms with Crippen LogP contribution in [0.4, 0.5) is 0 Å². The first-order chi connectivity index (χ1) is 7.22. The zero-order chi connectivity index (χ0) is 11.1. The molecule has 1 saturated carbocycles. The highest BCUT2D eigenvalue weighted by atomic mass is 16.6. The van der Waals surface area contributed by atoms with Crippen molar-refractivity contribution in [3.05, 3.63) is 0 Å². The van der Waals surface area contributed by atoms with Gasteiger partial charge in [-0.1, -0.05) is 6.42 Å². The van der Waals surface area contributed by atoms with Crippen LogP contribution in [0.3, 0.4) is 0 Å². The Kier molecular flexibility index (Phi) is 5.05. The minimum atomic E-state index is -0.139. The Hall–Kier alpha value is -0.610. The Morgan fingerprint density at radius 3 is 2.60 bits per heavy atom. The average molecular weight is 215 g/mol. The molecule has 0 atom stereocenters. The van der Waals surface area contributed by atoms with Gasteiger partial charge in [0.1, 0.15) is 6.61 Å². The van der Waals surface area contributed by atoms with E-state index in [0.717, 1.165) is 12.8 Å². The quantitative estimate of drug-likeness (QED) is 0.510. The maximum atomic E-state index is 11.4. The first-order valence-corrected chi connectivity index (χ1v) is 5.66. The van der Waals surface area contributed by atoms with E-state index in [1.54, 1.807) is 0 Å². The number of esters is 1. The second-order valence-electron chi connectivity index (χ2n) is 4.15. The summed E-state index contributed by atoms with van der Waals surface area (Å²) < 4.78 is 10.1. The Morgan fingerprint density at radius 1 is 1.40 bits per heavy atom. The van der Waals surface area contributed by atoms with E-state index in [0.29, 0.717) is 32.8 Å². The highest BCUT2D eigenvalue weighted by molar-refractivity contribution is 5.70. The second kappa shape index (κ2) is 6.08. The van der Waals surface area contributed by atoms with Crippen LogP contribution >= 0.6 is 0 Å². The Labute approximate surface area is 91.1 Å². The van der Waals surface area contributed by atoms with E-state index >= 15 is 0 Å². The van der Waals surface area contributed by atoms with Crippen LogP contribution in [0.25, 0.3) is 0 Å². The highest BCUT2D eigenvalue weighted by Gasteiger charge is 2.37. The second-order valence-corrected chi connectivity index (χ2v) is 4.15. The van der Waals surface area contributed by atoms with Crippen molar-refractivity contribution in [2.45, 2.75) is 32.6 Å². The van der Waals surface area contributed by atoms with Gasteiger partial charge in [0.05, 0.1) is 13.0 Å². The molecule has 0 aliphatic heterocycles. The number of carbonyl (C=O) groups is 1. The van der Waals surface area contributed by atoms with Gasteiger partial charge in [0.25, 0.3) is 0 Å².